The van der Waals surface area contributed by atoms with Crippen LogP contribution in [-0.2, 0) is 4.57 Å². The maximum absolute atomic E-state index is 8.70. The van der Waals surface area contributed by atoms with E-state index in [1.807, 2.05) is 0 Å². The van der Waals surface area contributed by atoms with E-state index >= 15 is 0 Å². The van der Waals surface area contributed by atoms with Gasteiger partial charge in [0.1, 0.15) is 6.62 Å². The molecule has 3 nitrogen and oxygen atoms in total. The first-order valence-corrected chi connectivity index (χ1v) is 7.29. The monoisotopic (exact) mass is 192 g/mol. The van der Waals surface area contributed by atoms with Crippen molar-refractivity contribution in [2.75, 3.05) is 20.0 Å². The van der Waals surface area contributed by atoms with E-state index in [2.05, 4.69) is 20.0 Å². The van der Waals surface area contributed by atoms with Crippen LogP contribution in [0.5, 0.6) is 0 Å². The van der Waals surface area contributed by atoms with Gasteiger partial charge in [-0.25, -0.2) is 0 Å². The van der Waals surface area contributed by atoms with Gasteiger partial charge in [-0.05, 0) is 0 Å². The Balaban J connectivity index is 0. The van der Waals surface area contributed by atoms with Crippen molar-refractivity contribution < 1.29 is 14.4 Å². The zero-order chi connectivity index (χ0) is 8.08. The molecule has 0 fully saturated rings. The largest absolute Gasteiger partial charge is 0.692 e. The third kappa shape index (κ3) is 725. The van der Waals surface area contributed by atoms with Gasteiger partial charge in [0, 0.05) is 4.57 Å². The van der Waals surface area contributed by atoms with Gasteiger partial charge in [-0.2, -0.15) is 0 Å². The minimum Gasteiger partial charge on any atom is -0.134 e. The van der Waals surface area contributed by atoms with Gasteiger partial charge in [0.2, 0.25) is 0 Å². The molecular formula is C3H11ClO3P2+2. The fourth-order valence-corrected chi connectivity index (χ4v) is 0. The lowest BCUT2D eigenvalue weighted by molar-refractivity contribution is 0.405. The first kappa shape index (κ1) is 12.4. The second-order valence-electron chi connectivity index (χ2n) is 2.10. The quantitative estimate of drug-likeness (QED) is 0.574. The molecule has 0 aromatic heterocycles. The third-order valence-corrected chi connectivity index (χ3v) is 0. The lowest BCUT2D eigenvalue weighted by Crippen LogP contribution is -1.64. The Kier molecular flexibility index (Phi) is 7.62. The molecule has 2 N–H and O–H groups in total. The predicted molar refractivity (Wildman–Crippen MR) is 42.6 cm³/mol. The van der Waals surface area contributed by atoms with Gasteiger partial charge < -0.3 is 0 Å². The minimum absolute atomic E-state index is 0.917. The summed E-state index contributed by atoms with van der Waals surface area (Å²) in [7, 11) is -2.87. The van der Waals surface area contributed by atoms with E-state index in [4.69, 9.17) is 25.6 Å². The molecule has 0 saturated carbocycles. The summed E-state index contributed by atoms with van der Waals surface area (Å²) in [6.45, 7) is 5.28. The molecule has 0 aromatic carbocycles. The van der Waals surface area contributed by atoms with Crippen LogP contribution in [-0.4, -0.2) is 29.8 Å². The van der Waals surface area contributed by atoms with Gasteiger partial charge >= 0.3 is 8.25 Å². The Bertz CT molecular complexity index is 79.5. The zero-order valence-corrected chi connectivity index (χ0v) is 8.12. The molecular weight excluding hydrogens is 181 g/mol. The third-order valence-electron chi connectivity index (χ3n) is 0. The van der Waals surface area contributed by atoms with Gasteiger partial charge in [-0.1, -0.05) is 0 Å². The van der Waals surface area contributed by atoms with Gasteiger partial charge in [0.15, 0.2) is 0 Å². The number of hydrogen-bond donors (Lipinski definition) is 2. The molecule has 0 aliphatic heterocycles. The van der Waals surface area contributed by atoms with E-state index in [9.17, 15) is 0 Å². The van der Waals surface area contributed by atoms with Crippen LogP contribution in [0.1, 0.15) is 0 Å². The summed E-state index contributed by atoms with van der Waals surface area (Å²) in [6, 6.07) is 0. The van der Waals surface area contributed by atoms with Crippen molar-refractivity contribution in [3.05, 3.63) is 0 Å². The molecule has 9 heavy (non-hydrogen) atoms. The van der Waals surface area contributed by atoms with Crippen LogP contribution in [0, 0.1) is 0 Å². The van der Waals surface area contributed by atoms with Crippen molar-refractivity contribution in [3.8, 4) is 0 Å². The molecule has 0 radical (unpaired) electrons. The lowest BCUT2D eigenvalue weighted by Gasteiger charge is -1.91. The van der Waals surface area contributed by atoms with E-state index < -0.39 is 14.9 Å². The van der Waals surface area contributed by atoms with E-state index in [-0.39, 0.29) is 0 Å². The highest BCUT2D eigenvalue weighted by molar-refractivity contribution is 7.97. The predicted octanol–water partition coefficient (Wildman–Crippen LogP) is 1.68. The summed E-state index contributed by atoms with van der Waals surface area (Å²) in [4.78, 5) is 14.2. The molecule has 0 atom stereocenters. The van der Waals surface area contributed by atoms with E-state index in [1.54, 1.807) is 0 Å². The second-order valence-corrected chi connectivity index (χ2v) is 9.35. The van der Waals surface area contributed by atoms with Crippen molar-refractivity contribution in [1.29, 1.82) is 0 Å². The van der Waals surface area contributed by atoms with Gasteiger partial charge in [0.05, 0.1) is 31.2 Å². The average molecular weight is 193 g/mol. The molecule has 0 aromatic rings. The van der Waals surface area contributed by atoms with Crippen molar-refractivity contribution >= 4 is 26.1 Å². The van der Waals surface area contributed by atoms with Crippen LogP contribution < -0.4 is 0 Å². The van der Waals surface area contributed by atoms with Crippen LogP contribution in [0.25, 0.3) is 0 Å². The number of rotatable bonds is 0. The molecule has 0 saturated heterocycles. The molecule has 0 aliphatic rings. The van der Waals surface area contributed by atoms with E-state index in [1.165, 1.54) is 0 Å². The highest BCUT2D eigenvalue weighted by Gasteiger charge is 2.09. The van der Waals surface area contributed by atoms with Crippen LogP contribution in [0.4, 0.5) is 0 Å². The Labute approximate surface area is 61.1 Å². The molecule has 0 aliphatic carbocycles. The smallest absolute Gasteiger partial charge is 0.134 e. The molecule has 56 valence electrons. The topological polar surface area (TPSA) is 57.5 Å². The fraction of sp³-hybridized carbons (Fsp3) is 1.00. The van der Waals surface area contributed by atoms with Crippen LogP contribution in [0.3, 0.4) is 0 Å². The van der Waals surface area contributed by atoms with Gasteiger partial charge in [-0.15, -0.1) is 9.79 Å². The Hall–Kier alpha value is 0.740. The summed E-state index contributed by atoms with van der Waals surface area (Å²) in [5.74, 6) is 0. The van der Waals surface area contributed by atoms with Gasteiger partial charge in [-0.3, -0.25) is 0 Å². The standard InChI is InChI=1S/C3H9ClP.HO3P/c1-5(2,3)4;1-4(2)3/h1-3H3;(H-,1,2,3)/q+1;/p+1. The lowest BCUT2D eigenvalue weighted by atomic mass is 11.9. The van der Waals surface area contributed by atoms with Crippen molar-refractivity contribution in [2.45, 2.75) is 0 Å². The number of halogens is 1. The highest BCUT2D eigenvalue weighted by atomic mass is 35.7. The molecule has 6 heteroatoms. The maximum atomic E-state index is 8.70. The summed E-state index contributed by atoms with van der Waals surface area (Å²) in [5.41, 5.74) is 0. The Morgan fingerprint density at radius 3 is 1.33 bits per heavy atom. The summed E-state index contributed by atoms with van der Waals surface area (Å²) < 4.78 is 8.70. The molecule has 0 unspecified atom stereocenters. The minimum atomic E-state index is -2.87. The Morgan fingerprint density at radius 1 is 1.33 bits per heavy atom. The zero-order valence-electron chi connectivity index (χ0n) is 5.58. The summed E-state index contributed by atoms with van der Waals surface area (Å²) in [5, 5.41) is 0. The first-order chi connectivity index (χ1) is 3.73. The van der Waals surface area contributed by atoms with E-state index in [0.29, 0.717) is 0 Å². The number of hydrogen-bond acceptors (Lipinski definition) is 1. The molecule has 0 rings (SSSR count). The van der Waals surface area contributed by atoms with E-state index in [0.717, 1.165) is 0 Å². The van der Waals surface area contributed by atoms with Crippen molar-refractivity contribution in [1.82, 2.24) is 0 Å². The summed E-state index contributed by atoms with van der Waals surface area (Å²) in [6.07, 6.45) is 0. The molecule has 0 bridgehead atoms. The highest BCUT2D eigenvalue weighted by Crippen LogP contribution is 2.51. The normalized spacial score (nSPS) is 9.56. The molecule has 0 heterocycles. The molecule has 0 amide bonds. The first-order valence-electron chi connectivity index (χ1n) is 2.09. The average Bonchev–Trinajstić information content (AvgIpc) is 1.19. The molecule has 0 spiro atoms. The van der Waals surface area contributed by atoms with Crippen molar-refractivity contribution in [3.63, 3.8) is 0 Å². The SMILES string of the molecule is C[P+](C)(C)Cl.O=[P+](O)O. The van der Waals surface area contributed by atoms with Crippen LogP contribution in [0.15, 0.2) is 0 Å². The second kappa shape index (κ2) is 5.52. The van der Waals surface area contributed by atoms with Crippen molar-refractivity contribution in [2.24, 2.45) is 0 Å². The summed E-state index contributed by atoms with van der Waals surface area (Å²) >= 11 is 5.64. The van der Waals surface area contributed by atoms with Gasteiger partial charge in [0.25, 0.3) is 0 Å². The van der Waals surface area contributed by atoms with Crippen LogP contribution in [0.2, 0.25) is 0 Å². The fourth-order valence-electron chi connectivity index (χ4n) is 0. The van der Waals surface area contributed by atoms with Crippen LogP contribution >= 0.6 is 26.1 Å². The Morgan fingerprint density at radius 2 is 1.33 bits per heavy atom. The maximum Gasteiger partial charge on any atom is 0.692 e.